The second-order valence-corrected chi connectivity index (χ2v) is 7.02. The first-order valence-electron chi connectivity index (χ1n) is 5.27. The van der Waals surface area contributed by atoms with Crippen molar-refractivity contribution < 1.29 is 4.42 Å². The largest absolute Gasteiger partial charge is 0.419 e. The van der Waals surface area contributed by atoms with Gasteiger partial charge in [0.25, 0.3) is 5.89 Å². The fourth-order valence-corrected chi connectivity index (χ4v) is 3.40. The molecule has 0 amide bonds. The maximum Gasteiger partial charge on any atom is 0.257 e. The van der Waals surface area contributed by atoms with Crippen molar-refractivity contribution in [2.24, 2.45) is 7.05 Å². The van der Waals surface area contributed by atoms with Crippen LogP contribution in [0.3, 0.4) is 0 Å². The van der Waals surface area contributed by atoms with Gasteiger partial charge in [0, 0.05) is 7.05 Å². The van der Waals surface area contributed by atoms with Crippen LogP contribution in [0.4, 0.5) is 0 Å². The van der Waals surface area contributed by atoms with E-state index in [2.05, 4.69) is 36.3 Å². The predicted octanol–water partition coefficient (Wildman–Crippen LogP) is 2.98. The van der Waals surface area contributed by atoms with Gasteiger partial charge < -0.3 is 8.98 Å². The molecule has 3 heterocycles. The van der Waals surface area contributed by atoms with Crippen LogP contribution in [-0.2, 0) is 12.8 Å². The molecule has 0 saturated heterocycles. The molecular weight excluding hydrogens is 350 g/mol. The standard InChI is InChI=1S/C10H8BrN5OS2/c1-16-5-12-15-10(16)18-4-8-13-14-9(17-8)6-2-3-7(11)19-6/h2-3,5H,4H2,1H3. The summed E-state index contributed by atoms with van der Waals surface area (Å²) >= 11 is 6.48. The molecule has 0 aliphatic rings. The third-order valence-electron chi connectivity index (χ3n) is 2.25. The summed E-state index contributed by atoms with van der Waals surface area (Å²) in [5.41, 5.74) is 0. The number of halogens is 1. The van der Waals surface area contributed by atoms with Crippen LogP contribution in [-0.4, -0.2) is 25.0 Å². The van der Waals surface area contributed by atoms with Gasteiger partial charge in [0.2, 0.25) is 5.89 Å². The number of nitrogens with zero attached hydrogens (tertiary/aromatic N) is 5. The lowest BCUT2D eigenvalue weighted by atomic mass is 10.5. The average molecular weight is 358 g/mol. The van der Waals surface area contributed by atoms with Crippen molar-refractivity contribution in [3.63, 3.8) is 0 Å². The highest BCUT2D eigenvalue weighted by atomic mass is 79.9. The van der Waals surface area contributed by atoms with Crippen molar-refractivity contribution in [1.29, 1.82) is 0 Å². The Labute approximate surface area is 125 Å². The van der Waals surface area contributed by atoms with Gasteiger partial charge in [-0.15, -0.1) is 31.7 Å². The SMILES string of the molecule is Cn1cnnc1SCc1nnc(-c2ccc(Br)s2)o1. The van der Waals surface area contributed by atoms with E-state index in [1.165, 1.54) is 11.8 Å². The predicted molar refractivity (Wildman–Crippen MR) is 75.9 cm³/mol. The summed E-state index contributed by atoms with van der Waals surface area (Å²) < 4.78 is 8.49. The van der Waals surface area contributed by atoms with E-state index in [0.29, 0.717) is 17.5 Å². The molecule has 3 aromatic rings. The summed E-state index contributed by atoms with van der Waals surface area (Å²) in [6.07, 6.45) is 1.66. The first-order valence-corrected chi connectivity index (χ1v) is 7.87. The molecule has 0 atom stereocenters. The second kappa shape index (κ2) is 5.43. The molecule has 0 aliphatic heterocycles. The number of hydrogen-bond acceptors (Lipinski definition) is 7. The number of aryl methyl sites for hydroxylation is 1. The maximum absolute atomic E-state index is 5.61. The molecule has 0 saturated carbocycles. The zero-order valence-electron chi connectivity index (χ0n) is 9.78. The van der Waals surface area contributed by atoms with E-state index in [9.17, 15) is 0 Å². The van der Waals surface area contributed by atoms with E-state index in [0.717, 1.165) is 13.8 Å². The summed E-state index contributed by atoms with van der Waals surface area (Å²) in [6, 6.07) is 3.90. The molecule has 0 radical (unpaired) electrons. The van der Waals surface area contributed by atoms with E-state index in [-0.39, 0.29) is 0 Å². The van der Waals surface area contributed by atoms with E-state index >= 15 is 0 Å². The fraction of sp³-hybridized carbons (Fsp3) is 0.200. The molecule has 0 fully saturated rings. The normalized spacial score (nSPS) is 11.1. The summed E-state index contributed by atoms with van der Waals surface area (Å²) in [5, 5.41) is 16.7. The molecule has 19 heavy (non-hydrogen) atoms. The van der Waals surface area contributed by atoms with Crippen molar-refractivity contribution in [2.45, 2.75) is 10.9 Å². The molecule has 3 aromatic heterocycles. The summed E-state index contributed by atoms with van der Waals surface area (Å²) in [6.45, 7) is 0. The monoisotopic (exact) mass is 357 g/mol. The molecule has 3 rings (SSSR count). The zero-order chi connectivity index (χ0) is 13.2. The van der Waals surface area contributed by atoms with Crippen molar-refractivity contribution in [3.8, 4) is 10.8 Å². The van der Waals surface area contributed by atoms with Gasteiger partial charge >= 0.3 is 0 Å². The molecular formula is C10H8BrN5OS2. The van der Waals surface area contributed by atoms with E-state index in [4.69, 9.17) is 4.42 Å². The molecule has 0 N–H and O–H groups in total. The molecule has 0 unspecified atom stereocenters. The van der Waals surface area contributed by atoms with Gasteiger partial charge in [-0.05, 0) is 28.1 Å². The van der Waals surface area contributed by atoms with E-state index in [1.54, 1.807) is 17.7 Å². The van der Waals surface area contributed by atoms with Crippen molar-refractivity contribution >= 4 is 39.0 Å². The smallest absolute Gasteiger partial charge is 0.257 e. The number of thioether (sulfide) groups is 1. The summed E-state index contributed by atoms with van der Waals surface area (Å²) in [4.78, 5) is 0.953. The number of rotatable bonds is 4. The lowest BCUT2D eigenvalue weighted by molar-refractivity contribution is 0.529. The Balaban J connectivity index is 1.70. The lowest BCUT2D eigenvalue weighted by Crippen LogP contribution is -1.89. The molecule has 0 spiro atoms. The van der Waals surface area contributed by atoms with Crippen LogP contribution in [0.2, 0.25) is 0 Å². The van der Waals surface area contributed by atoms with E-state index in [1.807, 2.05) is 23.7 Å². The van der Waals surface area contributed by atoms with Gasteiger partial charge in [0.15, 0.2) is 5.16 Å². The first kappa shape index (κ1) is 12.8. The molecule has 0 aliphatic carbocycles. The highest BCUT2D eigenvalue weighted by Crippen LogP contribution is 2.31. The van der Waals surface area contributed by atoms with Crippen LogP contribution >= 0.6 is 39.0 Å². The Bertz CT molecular complexity index is 691. The Morgan fingerprint density at radius 3 is 2.95 bits per heavy atom. The van der Waals surface area contributed by atoms with Crippen LogP contribution in [0.25, 0.3) is 10.8 Å². The first-order chi connectivity index (χ1) is 9.22. The quantitative estimate of drug-likeness (QED) is 0.668. The van der Waals surface area contributed by atoms with Gasteiger partial charge in [-0.25, -0.2) is 0 Å². The fourth-order valence-electron chi connectivity index (χ4n) is 1.37. The van der Waals surface area contributed by atoms with Crippen LogP contribution in [0.15, 0.2) is 31.8 Å². The topological polar surface area (TPSA) is 69.6 Å². The van der Waals surface area contributed by atoms with Crippen molar-refractivity contribution in [3.05, 3.63) is 28.1 Å². The van der Waals surface area contributed by atoms with Gasteiger partial charge in [-0.3, -0.25) is 0 Å². The van der Waals surface area contributed by atoms with Crippen LogP contribution in [0.5, 0.6) is 0 Å². The van der Waals surface area contributed by atoms with Crippen molar-refractivity contribution in [1.82, 2.24) is 25.0 Å². The Kier molecular flexibility index (Phi) is 3.67. The van der Waals surface area contributed by atoms with Gasteiger partial charge in [-0.1, -0.05) is 11.8 Å². The highest BCUT2D eigenvalue weighted by molar-refractivity contribution is 9.11. The molecule has 98 valence electrons. The number of hydrogen-bond donors (Lipinski definition) is 0. The molecule has 0 aromatic carbocycles. The lowest BCUT2D eigenvalue weighted by Gasteiger charge is -1.95. The number of thiophene rings is 1. The minimum absolute atomic E-state index is 0.546. The van der Waals surface area contributed by atoms with Gasteiger partial charge in [0.1, 0.15) is 6.33 Å². The van der Waals surface area contributed by atoms with Crippen molar-refractivity contribution in [2.75, 3.05) is 0 Å². The third-order valence-corrected chi connectivity index (χ3v) is 4.88. The zero-order valence-corrected chi connectivity index (χ0v) is 13.0. The van der Waals surface area contributed by atoms with Crippen LogP contribution < -0.4 is 0 Å². The molecule has 6 nitrogen and oxygen atoms in total. The maximum atomic E-state index is 5.61. The van der Waals surface area contributed by atoms with E-state index < -0.39 is 0 Å². The minimum Gasteiger partial charge on any atom is -0.419 e. The van der Waals surface area contributed by atoms with Crippen LogP contribution in [0.1, 0.15) is 5.89 Å². The summed E-state index contributed by atoms with van der Waals surface area (Å²) in [7, 11) is 1.89. The molecule has 0 bridgehead atoms. The van der Waals surface area contributed by atoms with Gasteiger partial charge in [-0.2, -0.15) is 0 Å². The van der Waals surface area contributed by atoms with Crippen LogP contribution in [0, 0.1) is 0 Å². The molecule has 9 heteroatoms. The Morgan fingerprint density at radius 1 is 1.37 bits per heavy atom. The Morgan fingerprint density at radius 2 is 2.26 bits per heavy atom. The number of aromatic nitrogens is 5. The average Bonchev–Trinajstić information content (AvgIpc) is 3.08. The Hall–Kier alpha value is -1.19. The highest BCUT2D eigenvalue weighted by Gasteiger charge is 2.12. The van der Waals surface area contributed by atoms with Gasteiger partial charge in [0.05, 0.1) is 14.4 Å². The minimum atomic E-state index is 0.546. The second-order valence-electron chi connectivity index (χ2n) is 3.62. The summed E-state index contributed by atoms with van der Waals surface area (Å²) in [5.74, 6) is 1.70. The third kappa shape index (κ3) is 2.88.